The Kier molecular flexibility index (Phi) is 6.76. The summed E-state index contributed by atoms with van der Waals surface area (Å²) in [6.07, 6.45) is -2.64. The predicted molar refractivity (Wildman–Crippen MR) is 122 cm³/mol. The average molecular weight is 550 g/mol. The van der Waals surface area contributed by atoms with Crippen LogP contribution in [0.3, 0.4) is 0 Å². The number of rotatable bonds is 5. The Labute approximate surface area is 207 Å². The van der Waals surface area contributed by atoms with Crippen LogP contribution in [-0.4, -0.2) is 61.3 Å². The van der Waals surface area contributed by atoms with Crippen molar-refractivity contribution in [3.05, 3.63) is 47.0 Å². The SMILES string of the molecule is Nc1ncnc2c1ncn2[C@@H]1O[C@H](COP2(=S)OCCC(c3cc(F)c(F)cc3Cl)O2)[C@@H](O)[C@H]1O. The second-order valence-electron chi connectivity index (χ2n) is 7.88. The molecule has 5 rings (SSSR count). The minimum absolute atomic E-state index is 0.0186. The third-order valence-corrected chi connectivity index (χ3v) is 8.36. The Morgan fingerprint density at radius 2 is 2.00 bits per heavy atom. The van der Waals surface area contributed by atoms with Crippen molar-refractivity contribution in [1.82, 2.24) is 19.5 Å². The Bertz CT molecular complexity index is 1320. The molecule has 0 spiro atoms. The number of benzene rings is 1. The Balaban J connectivity index is 1.29. The zero-order chi connectivity index (χ0) is 24.9. The van der Waals surface area contributed by atoms with Gasteiger partial charge in [0.1, 0.15) is 30.2 Å². The van der Waals surface area contributed by atoms with Gasteiger partial charge in [-0.3, -0.25) is 4.57 Å². The zero-order valence-electron chi connectivity index (χ0n) is 17.7. The number of fused-ring (bicyclic) bond motifs is 1. The van der Waals surface area contributed by atoms with E-state index >= 15 is 0 Å². The van der Waals surface area contributed by atoms with E-state index in [1.807, 2.05) is 0 Å². The lowest BCUT2D eigenvalue weighted by Crippen LogP contribution is -2.34. The fourth-order valence-corrected chi connectivity index (χ4v) is 6.27. The molecule has 16 heteroatoms. The number of nitrogens with two attached hydrogens (primary N) is 1. The molecule has 0 bridgehead atoms. The van der Waals surface area contributed by atoms with Gasteiger partial charge in [0.2, 0.25) is 0 Å². The Morgan fingerprint density at radius 1 is 1.23 bits per heavy atom. The fourth-order valence-electron chi connectivity index (χ4n) is 3.89. The molecule has 11 nitrogen and oxygen atoms in total. The van der Waals surface area contributed by atoms with Crippen LogP contribution >= 0.6 is 18.3 Å². The van der Waals surface area contributed by atoms with Crippen LogP contribution in [-0.2, 0) is 30.1 Å². The van der Waals surface area contributed by atoms with Crippen LogP contribution in [0.2, 0.25) is 5.02 Å². The lowest BCUT2D eigenvalue weighted by molar-refractivity contribution is -0.0533. The highest BCUT2D eigenvalue weighted by molar-refractivity contribution is 8.07. The summed E-state index contributed by atoms with van der Waals surface area (Å²) in [5.74, 6) is -2.00. The molecule has 4 N–H and O–H groups in total. The minimum atomic E-state index is -3.38. The highest BCUT2D eigenvalue weighted by atomic mass is 35.5. The van der Waals surface area contributed by atoms with Crippen LogP contribution in [0.15, 0.2) is 24.8 Å². The molecular weight excluding hydrogens is 531 g/mol. The molecule has 2 aliphatic rings. The third kappa shape index (κ3) is 4.66. The van der Waals surface area contributed by atoms with Crippen molar-refractivity contribution in [2.75, 3.05) is 18.9 Å². The number of hydrogen-bond donors (Lipinski definition) is 3. The topological polar surface area (TPSA) is 147 Å². The molecule has 6 atom stereocenters. The predicted octanol–water partition coefficient (Wildman–Crippen LogP) is 2.38. The van der Waals surface area contributed by atoms with Gasteiger partial charge in [0.15, 0.2) is 29.3 Å². The zero-order valence-corrected chi connectivity index (χ0v) is 20.2. The van der Waals surface area contributed by atoms with Gasteiger partial charge in [0.25, 0.3) is 0 Å². The first kappa shape index (κ1) is 24.8. The van der Waals surface area contributed by atoms with Crippen molar-refractivity contribution >= 4 is 47.1 Å². The van der Waals surface area contributed by atoms with E-state index in [0.29, 0.717) is 11.2 Å². The van der Waals surface area contributed by atoms with Crippen molar-refractivity contribution in [2.24, 2.45) is 0 Å². The minimum Gasteiger partial charge on any atom is -0.387 e. The second kappa shape index (κ2) is 9.54. The van der Waals surface area contributed by atoms with Crippen LogP contribution in [0, 0.1) is 11.6 Å². The van der Waals surface area contributed by atoms with E-state index in [1.165, 1.54) is 17.2 Å². The second-order valence-corrected chi connectivity index (χ2v) is 11.2. The highest BCUT2D eigenvalue weighted by Gasteiger charge is 2.45. The smallest absolute Gasteiger partial charge is 0.327 e. The number of nitrogens with zero attached hydrogens (tertiary/aromatic N) is 4. The molecule has 0 radical (unpaired) electrons. The summed E-state index contributed by atoms with van der Waals surface area (Å²) in [4.78, 5) is 12.1. The Morgan fingerprint density at radius 3 is 2.80 bits per heavy atom. The maximum absolute atomic E-state index is 13.8. The van der Waals surface area contributed by atoms with Gasteiger partial charge in [-0.1, -0.05) is 11.6 Å². The van der Waals surface area contributed by atoms with Crippen LogP contribution in [0.1, 0.15) is 24.3 Å². The molecule has 0 saturated carbocycles. The number of aromatic nitrogens is 4. The molecule has 0 amide bonds. The molecule has 2 aromatic heterocycles. The first-order valence-electron chi connectivity index (χ1n) is 10.3. The number of aliphatic hydroxyl groups excluding tert-OH is 2. The molecule has 3 aromatic rings. The van der Waals surface area contributed by atoms with Gasteiger partial charge in [-0.25, -0.2) is 23.7 Å². The number of nitrogen functional groups attached to an aromatic ring is 1. The van der Waals surface area contributed by atoms with Gasteiger partial charge in [0, 0.05) is 17.0 Å². The quantitative estimate of drug-likeness (QED) is 0.318. The largest absolute Gasteiger partial charge is 0.387 e. The van der Waals surface area contributed by atoms with Crippen molar-refractivity contribution in [1.29, 1.82) is 0 Å². The number of anilines is 1. The summed E-state index contributed by atoms with van der Waals surface area (Å²) in [7, 11) is 0. The van der Waals surface area contributed by atoms with E-state index in [9.17, 15) is 19.0 Å². The van der Waals surface area contributed by atoms with Gasteiger partial charge in [-0.05, 0) is 23.9 Å². The first-order chi connectivity index (χ1) is 16.7. The molecule has 0 aliphatic carbocycles. The molecular formula is C19H19ClF2N5O6PS. The monoisotopic (exact) mass is 549 g/mol. The van der Waals surface area contributed by atoms with Crippen LogP contribution < -0.4 is 5.73 Å². The average Bonchev–Trinajstić information content (AvgIpc) is 3.37. The van der Waals surface area contributed by atoms with Crippen molar-refractivity contribution in [2.45, 2.75) is 37.1 Å². The van der Waals surface area contributed by atoms with Gasteiger partial charge < -0.3 is 34.3 Å². The molecule has 1 aromatic carbocycles. The van der Waals surface area contributed by atoms with E-state index in [1.54, 1.807) is 0 Å². The summed E-state index contributed by atoms with van der Waals surface area (Å²) in [5.41, 5.74) is 6.64. The van der Waals surface area contributed by atoms with Crippen LogP contribution in [0.25, 0.3) is 11.2 Å². The van der Waals surface area contributed by atoms with Crippen molar-refractivity contribution < 1.29 is 37.3 Å². The normalized spacial score (nSPS) is 31.3. The fraction of sp³-hybridized carbons (Fsp3) is 0.421. The number of hydrogen-bond acceptors (Lipinski definition) is 11. The van der Waals surface area contributed by atoms with Crippen molar-refractivity contribution in [3.8, 4) is 0 Å². The molecule has 2 aliphatic heterocycles. The summed E-state index contributed by atoms with van der Waals surface area (Å²) < 4.78 is 51.4. The maximum Gasteiger partial charge on any atom is 0.327 e. The molecule has 4 heterocycles. The molecule has 2 saturated heterocycles. The lowest BCUT2D eigenvalue weighted by Gasteiger charge is -2.33. The number of ether oxygens (including phenoxy) is 1. The van der Waals surface area contributed by atoms with Gasteiger partial charge in [0.05, 0.1) is 25.6 Å². The summed E-state index contributed by atoms with van der Waals surface area (Å²) >= 11 is 11.5. The third-order valence-electron chi connectivity index (χ3n) is 5.67. The van der Waals surface area contributed by atoms with E-state index in [2.05, 4.69) is 15.0 Å². The van der Waals surface area contributed by atoms with Crippen LogP contribution in [0.4, 0.5) is 14.6 Å². The molecule has 35 heavy (non-hydrogen) atoms. The van der Waals surface area contributed by atoms with Gasteiger partial charge in [-0.15, -0.1) is 0 Å². The van der Waals surface area contributed by atoms with E-state index in [-0.39, 0.29) is 36.0 Å². The van der Waals surface area contributed by atoms with Gasteiger partial charge >= 0.3 is 6.72 Å². The lowest BCUT2D eigenvalue weighted by atomic mass is 10.1. The van der Waals surface area contributed by atoms with Crippen LogP contribution in [0.5, 0.6) is 0 Å². The number of imidazole rings is 1. The summed E-state index contributed by atoms with van der Waals surface area (Å²) in [6.45, 7) is -3.54. The maximum atomic E-state index is 13.8. The van der Waals surface area contributed by atoms with Gasteiger partial charge in [-0.2, -0.15) is 0 Å². The highest BCUT2D eigenvalue weighted by Crippen LogP contribution is 2.58. The number of halogens is 3. The molecule has 188 valence electrons. The Hall–Kier alpha value is -1.87. The summed E-state index contributed by atoms with van der Waals surface area (Å²) in [6, 6.07) is 1.81. The van der Waals surface area contributed by atoms with Crippen molar-refractivity contribution in [3.63, 3.8) is 0 Å². The standard InChI is InChI=1S/C19H19ClF2N5O6PS/c20-9-4-11(22)10(21)3-8(9)12-1-2-30-34(35,33-12)31-5-13-15(28)16(29)19(32-13)27-7-26-14-17(23)24-6-25-18(14)27/h3-4,6-7,12-13,15-16,19,28-29H,1-2,5H2,(H2,23,24,25)/t12?,13-,15-,16-,19-,34?/m1/s1. The van der Waals surface area contributed by atoms with E-state index in [4.69, 9.17) is 47.4 Å². The van der Waals surface area contributed by atoms with E-state index < -0.39 is 49.0 Å². The molecule has 2 unspecified atom stereocenters. The first-order valence-corrected chi connectivity index (χ1v) is 13.3. The van der Waals surface area contributed by atoms with E-state index in [0.717, 1.165) is 12.1 Å². The summed E-state index contributed by atoms with van der Waals surface area (Å²) in [5, 5.41) is 21.1. The molecule has 2 fully saturated rings. The number of aliphatic hydroxyl groups is 2.